The fourth-order valence-electron chi connectivity index (χ4n) is 10.6. The van der Waals surface area contributed by atoms with Crippen LogP contribution in [0.3, 0.4) is 0 Å². The molecule has 0 spiro atoms. The molecule has 0 heterocycles. The zero-order valence-corrected chi connectivity index (χ0v) is 37.1. The molecule has 0 aliphatic heterocycles. The van der Waals surface area contributed by atoms with Crippen LogP contribution in [0.15, 0.2) is 249 Å². The van der Waals surface area contributed by atoms with Crippen molar-refractivity contribution in [2.75, 3.05) is 4.90 Å². The first-order valence-corrected chi connectivity index (χ1v) is 23.0. The lowest BCUT2D eigenvalue weighted by atomic mass is 9.81. The Morgan fingerprint density at radius 2 is 0.773 bits per heavy atom. The van der Waals surface area contributed by atoms with Crippen molar-refractivity contribution < 1.29 is 0 Å². The van der Waals surface area contributed by atoms with Gasteiger partial charge >= 0.3 is 0 Å². The van der Waals surface area contributed by atoms with Crippen molar-refractivity contribution in [1.82, 2.24) is 0 Å². The summed E-state index contributed by atoms with van der Waals surface area (Å²) in [6.45, 7) is 4.76. The lowest BCUT2D eigenvalue weighted by Crippen LogP contribution is -2.17. The van der Waals surface area contributed by atoms with Crippen LogP contribution in [0.25, 0.3) is 88.3 Å². The van der Waals surface area contributed by atoms with Gasteiger partial charge < -0.3 is 4.90 Å². The van der Waals surface area contributed by atoms with Gasteiger partial charge in [-0.15, -0.1) is 0 Å². The van der Waals surface area contributed by atoms with Crippen LogP contribution >= 0.6 is 0 Å². The maximum atomic E-state index is 2.53. The minimum atomic E-state index is -0.204. The van der Waals surface area contributed by atoms with E-state index >= 15 is 0 Å². The summed E-state index contributed by atoms with van der Waals surface area (Å²) in [4.78, 5) is 2.53. The van der Waals surface area contributed by atoms with Gasteiger partial charge in [0, 0.05) is 22.4 Å². The van der Waals surface area contributed by atoms with Gasteiger partial charge in [-0.25, -0.2) is 0 Å². The molecule has 0 amide bonds. The lowest BCUT2D eigenvalue weighted by Gasteiger charge is -2.32. The first-order valence-electron chi connectivity index (χ1n) is 23.0. The average molecular weight is 842 g/mol. The smallest absolute Gasteiger partial charge is 0.0543 e. The Bertz CT molecular complexity index is 3510. The Morgan fingerprint density at radius 3 is 1.39 bits per heavy atom. The average Bonchev–Trinajstić information content (AvgIpc) is 3.61. The van der Waals surface area contributed by atoms with Gasteiger partial charge in [-0.3, -0.25) is 0 Å². The van der Waals surface area contributed by atoms with E-state index in [2.05, 4.69) is 267 Å². The van der Waals surface area contributed by atoms with E-state index < -0.39 is 0 Å². The molecule has 66 heavy (non-hydrogen) atoms. The Hall–Kier alpha value is -8.26. The minimum Gasteiger partial charge on any atom is -0.310 e. The van der Waals surface area contributed by atoms with Crippen molar-refractivity contribution in [3.63, 3.8) is 0 Å². The molecule has 0 aromatic heterocycles. The fraction of sp³-hybridized carbons (Fsp3) is 0.0462. The van der Waals surface area contributed by atoms with Gasteiger partial charge in [0.2, 0.25) is 0 Å². The molecule has 312 valence electrons. The van der Waals surface area contributed by atoms with Crippen molar-refractivity contribution in [2.24, 2.45) is 0 Å². The normalized spacial score (nSPS) is 12.5. The second-order valence-electron chi connectivity index (χ2n) is 18.0. The molecule has 1 heteroatoms. The van der Waals surface area contributed by atoms with E-state index in [1.165, 1.54) is 88.3 Å². The minimum absolute atomic E-state index is 0.204. The van der Waals surface area contributed by atoms with E-state index in [1.54, 1.807) is 0 Å². The Kier molecular flexibility index (Phi) is 9.58. The summed E-state index contributed by atoms with van der Waals surface area (Å²) in [5.74, 6) is 0. The molecule has 0 saturated carbocycles. The summed E-state index contributed by atoms with van der Waals surface area (Å²) in [5, 5.41) is 4.97. The van der Waals surface area contributed by atoms with Crippen LogP contribution in [0.5, 0.6) is 0 Å². The summed E-state index contributed by atoms with van der Waals surface area (Å²) >= 11 is 0. The van der Waals surface area contributed by atoms with E-state index in [-0.39, 0.29) is 5.41 Å². The van der Waals surface area contributed by atoms with Crippen molar-refractivity contribution in [2.45, 2.75) is 19.3 Å². The van der Waals surface area contributed by atoms with Crippen LogP contribution in [0.1, 0.15) is 25.0 Å². The van der Waals surface area contributed by atoms with Gasteiger partial charge in [-0.1, -0.05) is 220 Å². The van der Waals surface area contributed by atoms with Gasteiger partial charge in [0.25, 0.3) is 0 Å². The van der Waals surface area contributed by atoms with E-state index in [0.29, 0.717) is 0 Å². The molecule has 1 nitrogen and oxygen atoms in total. The molecular weight excluding hydrogens is 795 g/mol. The van der Waals surface area contributed by atoms with Crippen molar-refractivity contribution in [1.29, 1.82) is 0 Å². The zero-order valence-electron chi connectivity index (χ0n) is 37.1. The number of hydrogen-bond donors (Lipinski definition) is 0. The highest BCUT2D eigenvalue weighted by Crippen LogP contribution is 2.55. The Labute approximate surface area is 387 Å². The molecule has 11 aromatic rings. The van der Waals surface area contributed by atoms with E-state index in [0.717, 1.165) is 28.2 Å². The van der Waals surface area contributed by atoms with Crippen LogP contribution < -0.4 is 4.90 Å². The summed E-state index contributed by atoms with van der Waals surface area (Å²) in [5.41, 5.74) is 20.2. The van der Waals surface area contributed by atoms with Gasteiger partial charge in [0.1, 0.15) is 0 Å². The van der Waals surface area contributed by atoms with Crippen molar-refractivity contribution in [3.8, 4) is 66.8 Å². The van der Waals surface area contributed by atoms with Crippen molar-refractivity contribution >= 4 is 38.6 Å². The topological polar surface area (TPSA) is 3.24 Å². The summed E-state index contributed by atoms with van der Waals surface area (Å²) in [7, 11) is 0. The number of benzene rings is 11. The molecule has 0 fully saturated rings. The number of fused-ring (bicyclic) bond motifs is 6. The summed E-state index contributed by atoms with van der Waals surface area (Å²) < 4.78 is 0. The van der Waals surface area contributed by atoms with Gasteiger partial charge in [-0.05, 0) is 136 Å². The molecule has 0 saturated heterocycles. The molecule has 0 bridgehead atoms. The van der Waals surface area contributed by atoms with Crippen LogP contribution in [0, 0.1) is 0 Å². The molecule has 1 aliphatic carbocycles. The molecule has 0 atom stereocenters. The third-order valence-corrected chi connectivity index (χ3v) is 13.8. The van der Waals surface area contributed by atoms with E-state index in [4.69, 9.17) is 0 Å². The number of nitrogens with zero attached hydrogens (tertiary/aromatic N) is 1. The lowest BCUT2D eigenvalue weighted by molar-refractivity contribution is 0.660. The molecule has 0 radical (unpaired) electrons. The molecular formula is C65H47N. The predicted molar refractivity (Wildman–Crippen MR) is 281 cm³/mol. The predicted octanol–water partition coefficient (Wildman–Crippen LogP) is 18.1. The fourth-order valence-corrected chi connectivity index (χ4v) is 10.6. The Morgan fingerprint density at radius 1 is 0.288 bits per heavy atom. The Balaban J connectivity index is 1.20. The third-order valence-electron chi connectivity index (χ3n) is 13.8. The summed E-state index contributed by atoms with van der Waals surface area (Å²) in [6.07, 6.45) is 0. The first kappa shape index (κ1) is 39.3. The second-order valence-corrected chi connectivity index (χ2v) is 18.0. The maximum Gasteiger partial charge on any atom is 0.0543 e. The van der Waals surface area contributed by atoms with Crippen LogP contribution in [0.4, 0.5) is 17.1 Å². The zero-order chi connectivity index (χ0) is 44.2. The largest absolute Gasteiger partial charge is 0.310 e. The molecule has 0 N–H and O–H groups in total. The summed E-state index contributed by atoms with van der Waals surface area (Å²) in [6, 6.07) is 91.8. The SMILES string of the molecule is CC1(C)c2ccccc2-c2cc(-c3ccccc3)c(N(c3ccc(-c4ccccc4)cc3)c3cc(-c4ccccc4)c(-c4cc5ccccc5c5ccccc45)c(-c4ccccc4)c3)cc21. The van der Waals surface area contributed by atoms with Gasteiger partial charge in [-0.2, -0.15) is 0 Å². The van der Waals surface area contributed by atoms with Crippen LogP contribution in [0.2, 0.25) is 0 Å². The van der Waals surface area contributed by atoms with Crippen LogP contribution in [-0.2, 0) is 5.41 Å². The van der Waals surface area contributed by atoms with Crippen molar-refractivity contribution in [3.05, 3.63) is 260 Å². The highest BCUT2D eigenvalue weighted by Gasteiger charge is 2.37. The quantitative estimate of drug-likeness (QED) is 0.138. The number of hydrogen-bond acceptors (Lipinski definition) is 1. The first-order chi connectivity index (χ1) is 32.5. The van der Waals surface area contributed by atoms with Gasteiger partial charge in [0.05, 0.1) is 5.69 Å². The van der Waals surface area contributed by atoms with E-state index in [1.807, 2.05) is 0 Å². The number of rotatable bonds is 8. The monoisotopic (exact) mass is 841 g/mol. The number of anilines is 3. The maximum absolute atomic E-state index is 2.53. The molecule has 12 rings (SSSR count). The van der Waals surface area contributed by atoms with E-state index in [9.17, 15) is 0 Å². The highest BCUT2D eigenvalue weighted by molar-refractivity contribution is 6.17. The van der Waals surface area contributed by atoms with Gasteiger partial charge in [0.15, 0.2) is 0 Å². The standard InChI is InChI=1S/C65H47N/c1-65(2)61-34-20-19-33-55(61)59-42-56(46-23-9-4-10-24-46)63(43-62(59)65)66(50-37-35-45(36-38-50)44-21-7-3-8-22-44)51-40-57(47-25-11-5-12-26-47)64(58(41-51)48-27-13-6-14-28-48)60-39-49-29-15-16-30-52(49)53-31-17-18-32-54(53)60/h3-43H,1-2H3. The second kappa shape index (κ2) is 16.1. The molecule has 11 aromatic carbocycles. The third kappa shape index (κ3) is 6.63. The molecule has 1 aliphatic rings. The highest BCUT2D eigenvalue weighted by atomic mass is 15.1. The van der Waals surface area contributed by atoms with Crippen LogP contribution in [-0.4, -0.2) is 0 Å². The molecule has 0 unspecified atom stereocenters.